The second-order valence-electron chi connectivity index (χ2n) is 23.3. The summed E-state index contributed by atoms with van der Waals surface area (Å²) in [6, 6.07) is 23.9. The van der Waals surface area contributed by atoms with Gasteiger partial charge in [-0.3, -0.25) is 34.3 Å². The van der Waals surface area contributed by atoms with Gasteiger partial charge in [0.25, 0.3) is 0 Å². The van der Waals surface area contributed by atoms with Crippen LogP contribution in [0, 0.1) is 11.6 Å². The number of piperazine rings is 1. The van der Waals surface area contributed by atoms with Gasteiger partial charge in [0.05, 0.1) is 49.5 Å². The van der Waals surface area contributed by atoms with Crippen molar-refractivity contribution in [3.05, 3.63) is 143 Å². The van der Waals surface area contributed by atoms with Gasteiger partial charge in [-0.1, -0.05) is 50.2 Å². The van der Waals surface area contributed by atoms with E-state index in [0.29, 0.717) is 57.0 Å². The molecule has 2 aliphatic heterocycles. The van der Waals surface area contributed by atoms with Gasteiger partial charge in [-0.2, -0.15) is 0 Å². The molecule has 4 heterocycles. The van der Waals surface area contributed by atoms with Gasteiger partial charge in [-0.25, -0.2) is 18.4 Å². The van der Waals surface area contributed by atoms with E-state index in [1.807, 2.05) is 70.0 Å². The Balaban J connectivity index is 1.05. The molecule has 0 saturated carbocycles. The summed E-state index contributed by atoms with van der Waals surface area (Å²) >= 11 is 0. The smallest absolute Gasteiger partial charge is 0.411 e. The number of anilines is 2. The van der Waals surface area contributed by atoms with Crippen LogP contribution in [-0.4, -0.2) is 156 Å². The van der Waals surface area contributed by atoms with Crippen molar-refractivity contribution < 1.29 is 46.9 Å². The second-order valence-corrected chi connectivity index (χ2v) is 23.3. The fraction of sp³-hybridized carbons (Fsp3) is 0.475. The zero-order valence-electron chi connectivity index (χ0n) is 47.7. The number of fused-ring (bicyclic) bond motifs is 1. The van der Waals surface area contributed by atoms with Crippen LogP contribution in [0.2, 0.25) is 0 Å². The molecule has 1 N–H and O–H groups in total. The Morgan fingerprint density at radius 2 is 1.49 bits per heavy atom. The highest BCUT2D eigenvalue weighted by atomic mass is 19.1. The highest BCUT2D eigenvalue weighted by Crippen LogP contribution is 2.41. The summed E-state index contributed by atoms with van der Waals surface area (Å²) < 4.78 is 52.1. The molecule has 3 aromatic carbocycles. The molecule has 0 aliphatic carbocycles. The standard InChI is InChI=1S/C61H78F2N8O8/c1-41-35-68(50(39-76-11)36-70(41)58(75)79-60(5,6)7)38-54(72)71-40-61(8,9)55-52(71)34-46(31-42-15-19-47(62)20-16-42)51(66-55)37-67(10)27-29-77-30-28-69(57(74)78-59(2,3)4)53(33-43-13-12-14-48(63)32-43)56(73)65-49-21-17-44(18-22-49)45-23-25-64-26-24-45/h12-26,32,34,41,50,53H,27-31,33,35-40H2,1-11H3,(H,65,73)/t41-,50-,53-/m1/s1. The van der Waals surface area contributed by atoms with Gasteiger partial charge in [0.15, 0.2) is 0 Å². The molecule has 7 rings (SSSR count). The third-order valence-corrected chi connectivity index (χ3v) is 13.8. The molecule has 4 amide bonds. The lowest BCUT2D eigenvalue weighted by Gasteiger charge is -2.45. The minimum Gasteiger partial charge on any atom is -0.444 e. The van der Waals surface area contributed by atoms with Crippen LogP contribution in [0.15, 0.2) is 103 Å². The number of carbonyl (C=O) groups excluding carboxylic acids is 4. The fourth-order valence-electron chi connectivity index (χ4n) is 9.92. The van der Waals surface area contributed by atoms with Crippen LogP contribution in [-0.2, 0) is 53.3 Å². The molecule has 79 heavy (non-hydrogen) atoms. The van der Waals surface area contributed by atoms with Gasteiger partial charge < -0.3 is 34.1 Å². The zero-order chi connectivity index (χ0) is 57.2. The van der Waals surface area contributed by atoms with E-state index in [9.17, 15) is 28.0 Å². The van der Waals surface area contributed by atoms with E-state index < -0.39 is 46.6 Å². The zero-order valence-corrected chi connectivity index (χ0v) is 47.7. The average Bonchev–Trinajstić information content (AvgIpc) is 3.96. The Kier molecular flexibility index (Phi) is 19.6. The van der Waals surface area contributed by atoms with Crippen molar-refractivity contribution in [3.8, 4) is 11.1 Å². The first-order chi connectivity index (χ1) is 37.4. The summed E-state index contributed by atoms with van der Waals surface area (Å²) in [4.78, 5) is 74.7. The number of nitrogens with zero attached hydrogens (tertiary/aromatic N) is 7. The molecule has 2 aromatic heterocycles. The molecular weight excluding hydrogens is 1010 g/mol. The first-order valence-electron chi connectivity index (χ1n) is 27.0. The number of ether oxygens (including phenoxy) is 4. The number of halogens is 2. The summed E-state index contributed by atoms with van der Waals surface area (Å²) in [6.45, 7) is 19.7. The Labute approximate surface area is 464 Å². The third-order valence-electron chi connectivity index (χ3n) is 13.8. The number of rotatable bonds is 20. The lowest BCUT2D eigenvalue weighted by atomic mass is 9.90. The van der Waals surface area contributed by atoms with Crippen molar-refractivity contribution in [2.45, 2.75) is 116 Å². The maximum Gasteiger partial charge on any atom is 0.411 e. The molecule has 16 nitrogen and oxygen atoms in total. The minimum atomic E-state index is -1.11. The highest BCUT2D eigenvalue weighted by molar-refractivity contribution is 5.98. The summed E-state index contributed by atoms with van der Waals surface area (Å²) in [5, 5.41) is 2.97. The van der Waals surface area contributed by atoms with Gasteiger partial charge in [0, 0.05) is 82.3 Å². The van der Waals surface area contributed by atoms with E-state index in [-0.39, 0.29) is 56.5 Å². The molecule has 0 unspecified atom stereocenters. The summed E-state index contributed by atoms with van der Waals surface area (Å²) in [6.07, 6.45) is 2.73. The molecule has 0 bridgehead atoms. The minimum absolute atomic E-state index is 0.000242. The van der Waals surface area contributed by atoms with Crippen molar-refractivity contribution >= 4 is 35.4 Å². The van der Waals surface area contributed by atoms with Crippen LogP contribution in [0.3, 0.4) is 0 Å². The third kappa shape index (κ3) is 16.6. The van der Waals surface area contributed by atoms with E-state index >= 15 is 0 Å². The molecule has 0 spiro atoms. The van der Waals surface area contributed by atoms with E-state index in [1.54, 1.807) is 81.6 Å². The number of nitrogens with one attached hydrogen (secondary N) is 1. The monoisotopic (exact) mass is 1090 g/mol. The molecule has 5 aromatic rings. The van der Waals surface area contributed by atoms with Gasteiger partial charge >= 0.3 is 12.2 Å². The van der Waals surface area contributed by atoms with E-state index in [0.717, 1.165) is 39.3 Å². The predicted molar refractivity (Wildman–Crippen MR) is 301 cm³/mol. The summed E-state index contributed by atoms with van der Waals surface area (Å²) in [5.74, 6) is -1.39. The largest absolute Gasteiger partial charge is 0.444 e. The number of likely N-dealkylation sites (N-methyl/N-ethyl adjacent to an activating group) is 1. The lowest BCUT2D eigenvalue weighted by Crippen LogP contribution is -2.62. The molecule has 18 heteroatoms. The maximum absolute atomic E-state index is 14.6. The van der Waals surface area contributed by atoms with Crippen LogP contribution >= 0.6 is 0 Å². The van der Waals surface area contributed by atoms with E-state index in [4.69, 9.17) is 23.9 Å². The molecule has 3 atom stereocenters. The Bertz CT molecular complexity index is 2880. The average molecular weight is 1090 g/mol. The number of amides is 4. The Hall–Kier alpha value is -6.86. The van der Waals surface area contributed by atoms with Gasteiger partial charge in [-0.05, 0) is 144 Å². The van der Waals surface area contributed by atoms with Gasteiger partial charge in [0.2, 0.25) is 11.8 Å². The van der Waals surface area contributed by atoms with Gasteiger partial charge in [-0.15, -0.1) is 0 Å². The van der Waals surface area contributed by atoms with Crippen LogP contribution < -0.4 is 10.2 Å². The number of hydrogen-bond acceptors (Lipinski definition) is 12. The van der Waals surface area contributed by atoms with Crippen molar-refractivity contribution in [1.29, 1.82) is 0 Å². The molecule has 2 aliphatic rings. The number of benzene rings is 3. The first-order valence-corrected chi connectivity index (χ1v) is 27.0. The van der Waals surface area contributed by atoms with Crippen LogP contribution in [0.25, 0.3) is 11.1 Å². The molecular formula is C61H78F2N8O8. The Morgan fingerprint density at radius 1 is 0.823 bits per heavy atom. The number of methoxy groups -OCH3 is 1. The maximum atomic E-state index is 14.6. The topological polar surface area (TPSA) is 159 Å². The van der Waals surface area contributed by atoms with Crippen LogP contribution in [0.1, 0.15) is 90.4 Å². The number of pyridine rings is 2. The highest BCUT2D eigenvalue weighted by Gasteiger charge is 2.43. The SMILES string of the molecule is COC[C@H]1CN(C(=O)OC(C)(C)C)[C@H](C)CN1CC(=O)N1CC(C)(C)c2nc(CN(C)CCOCCN(C(=O)OC(C)(C)C)[C@H](Cc3cccc(F)c3)C(=O)Nc3ccc(-c4ccncc4)cc3)c(Cc3ccc(F)cc3)cc21. The number of hydrogen-bond donors (Lipinski definition) is 1. The molecule has 1 saturated heterocycles. The van der Waals surface area contributed by atoms with E-state index in [2.05, 4.69) is 33.9 Å². The van der Waals surface area contributed by atoms with Crippen LogP contribution in [0.5, 0.6) is 0 Å². The van der Waals surface area contributed by atoms with E-state index in [1.165, 1.54) is 29.2 Å². The van der Waals surface area contributed by atoms with Crippen LogP contribution in [0.4, 0.5) is 29.7 Å². The normalized spacial score (nSPS) is 16.8. The fourth-order valence-corrected chi connectivity index (χ4v) is 9.92. The van der Waals surface area contributed by atoms with Crippen molar-refractivity contribution in [3.63, 3.8) is 0 Å². The van der Waals surface area contributed by atoms with Crippen molar-refractivity contribution in [1.82, 2.24) is 29.6 Å². The quantitative estimate of drug-likeness (QED) is 0.0737. The number of carbonyl (C=O) groups is 4. The van der Waals surface area contributed by atoms with Crippen molar-refractivity contribution in [2.24, 2.45) is 0 Å². The predicted octanol–water partition coefficient (Wildman–Crippen LogP) is 9.53. The Morgan fingerprint density at radius 3 is 2.15 bits per heavy atom. The first kappa shape index (κ1) is 59.8. The second kappa shape index (κ2) is 25.9. The summed E-state index contributed by atoms with van der Waals surface area (Å²) in [7, 11) is 3.57. The molecule has 0 radical (unpaired) electrons. The van der Waals surface area contributed by atoms with Gasteiger partial charge in [0.1, 0.15) is 28.9 Å². The molecule has 1 fully saturated rings. The molecule has 424 valence electrons. The van der Waals surface area contributed by atoms with Crippen molar-refractivity contribution in [2.75, 3.05) is 83.5 Å². The lowest BCUT2D eigenvalue weighted by molar-refractivity contribution is -0.122. The number of aromatic nitrogens is 2. The summed E-state index contributed by atoms with van der Waals surface area (Å²) in [5.41, 5.74) is 4.96.